The minimum atomic E-state index is -1.92. The fourth-order valence-corrected chi connectivity index (χ4v) is 5.24. The highest BCUT2D eigenvalue weighted by molar-refractivity contribution is 6.01. The fourth-order valence-electron chi connectivity index (χ4n) is 5.24. The van der Waals surface area contributed by atoms with Gasteiger partial charge < -0.3 is 24.5 Å². The van der Waals surface area contributed by atoms with Gasteiger partial charge in [0.1, 0.15) is 12.3 Å². The molecular formula is C24H20FN3O6. The van der Waals surface area contributed by atoms with Gasteiger partial charge in [0, 0.05) is 35.9 Å². The molecule has 0 radical (unpaired) electrons. The number of cyclic esters (lactones) is 1. The van der Waals surface area contributed by atoms with Gasteiger partial charge in [-0.15, -0.1) is 0 Å². The molecule has 174 valence electrons. The van der Waals surface area contributed by atoms with Crippen molar-refractivity contribution in [3.8, 4) is 17.1 Å². The van der Waals surface area contributed by atoms with E-state index < -0.39 is 23.3 Å². The number of carbonyl (C=O) groups is 2. The molecule has 1 atom stereocenters. The average Bonchev–Trinajstić information content (AvgIpc) is 3.18. The second kappa shape index (κ2) is 6.86. The van der Waals surface area contributed by atoms with Crippen molar-refractivity contribution in [3.63, 3.8) is 0 Å². The third-order valence-corrected chi connectivity index (χ3v) is 6.90. The third-order valence-electron chi connectivity index (χ3n) is 6.90. The van der Waals surface area contributed by atoms with Crippen LogP contribution in [0.2, 0.25) is 0 Å². The van der Waals surface area contributed by atoms with Gasteiger partial charge in [-0.3, -0.25) is 9.59 Å². The lowest BCUT2D eigenvalue weighted by atomic mass is 9.86. The van der Waals surface area contributed by atoms with Gasteiger partial charge in [-0.25, -0.2) is 14.2 Å². The molecule has 2 aromatic heterocycles. The molecule has 1 aromatic carbocycles. The molecule has 3 aromatic rings. The zero-order valence-corrected chi connectivity index (χ0v) is 18.5. The molecular weight excluding hydrogens is 445 g/mol. The number of fused-ring (bicyclic) bond motifs is 5. The highest BCUT2D eigenvalue weighted by atomic mass is 19.1. The van der Waals surface area contributed by atoms with Crippen LogP contribution in [-0.2, 0) is 39.5 Å². The summed E-state index contributed by atoms with van der Waals surface area (Å²) in [5, 5.41) is 14.1. The Morgan fingerprint density at radius 3 is 2.79 bits per heavy atom. The number of benzene rings is 1. The Bertz CT molecular complexity index is 1530. The van der Waals surface area contributed by atoms with Crippen molar-refractivity contribution < 1.29 is 28.6 Å². The standard InChI is InChI=1S/C24H20FN3O6/c1-3-24(32)14-6-17-19-12(8-28(17)22(30)13(14)9-34-23(24)31)11-4-5-33-21-18(11)16(27-19)7-15(25)20(21)26-10(2)29/h6-7,32H,3-5,8-9H2,1-2H3,(H,26,29)/t24-/m0/s1. The smallest absolute Gasteiger partial charge is 0.343 e. The largest absolute Gasteiger partial charge is 0.490 e. The molecule has 9 nitrogen and oxygen atoms in total. The fraction of sp³-hybridized carbons (Fsp3) is 0.333. The normalized spacial score (nSPS) is 19.7. The predicted molar refractivity (Wildman–Crippen MR) is 118 cm³/mol. The monoisotopic (exact) mass is 465 g/mol. The van der Waals surface area contributed by atoms with Crippen LogP contribution in [0.4, 0.5) is 10.1 Å². The van der Waals surface area contributed by atoms with E-state index in [-0.39, 0.29) is 54.3 Å². The number of halogens is 1. The number of aliphatic hydroxyl groups is 1. The summed E-state index contributed by atoms with van der Waals surface area (Å²) in [6, 6.07) is 2.86. The molecule has 10 heteroatoms. The van der Waals surface area contributed by atoms with Crippen LogP contribution < -0.4 is 15.6 Å². The number of ether oxygens (including phenoxy) is 2. The van der Waals surface area contributed by atoms with Crippen LogP contribution in [0.5, 0.6) is 5.75 Å². The Hall–Kier alpha value is -3.79. The van der Waals surface area contributed by atoms with E-state index in [1.54, 1.807) is 17.6 Å². The summed E-state index contributed by atoms with van der Waals surface area (Å²) >= 11 is 0. The van der Waals surface area contributed by atoms with Crippen LogP contribution in [0.3, 0.4) is 0 Å². The topological polar surface area (TPSA) is 120 Å². The third kappa shape index (κ3) is 2.57. The first-order valence-corrected chi connectivity index (χ1v) is 11.0. The van der Waals surface area contributed by atoms with Gasteiger partial charge in [0.25, 0.3) is 5.56 Å². The van der Waals surface area contributed by atoms with Crippen molar-refractivity contribution in [2.45, 2.75) is 45.4 Å². The Balaban J connectivity index is 1.64. The van der Waals surface area contributed by atoms with Gasteiger partial charge >= 0.3 is 5.97 Å². The number of hydrogen-bond acceptors (Lipinski definition) is 7. The Morgan fingerprint density at radius 1 is 1.26 bits per heavy atom. The van der Waals surface area contributed by atoms with E-state index in [0.29, 0.717) is 28.7 Å². The molecule has 5 heterocycles. The number of nitrogens with zero attached hydrogens (tertiary/aromatic N) is 2. The number of anilines is 1. The summed E-state index contributed by atoms with van der Waals surface area (Å²) in [6.45, 7) is 3.23. The van der Waals surface area contributed by atoms with Gasteiger partial charge in [-0.05, 0) is 18.1 Å². The van der Waals surface area contributed by atoms with Crippen LogP contribution >= 0.6 is 0 Å². The second-order valence-corrected chi connectivity index (χ2v) is 8.76. The van der Waals surface area contributed by atoms with Crippen molar-refractivity contribution >= 4 is 28.5 Å². The van der Waals surface area contributed by atoms with Gasteiger partial charge in [-0.2, -0.15) is 0 Å². The summed E-state index contributed by atoms with van der Waals surface area (Å²) in [6.07, 6.45) is 0.561. The number of amides is 1. The van der Waals surface area contributed by atoms with Crippen molar-refractivity contribution in [2.24, 2.45) is 0 Å². The molecule has 6 rings (SSSR count). The lowest BCUT2D eigenvalue weighted by Crippen LogP contribution is -2.44. The number of nitrogens with one attached hydrogen (secondary N) is 1. The number of pyridine rings is 2. The Kier molecular flexibility index (Phi) is 4.20. The Labute approximate surface area is 192 Å². The zero-order valence-electron chi connectivity index (χ0n) is 18.5. The van der Waals surface area contributed by atoms with Gasteiger partial charge in [0.15, 0.2) is 17.2 Å². The lowest BCUT2D eigenvalue weighted by molar-refractivity contribution is -0.172. The predicted octanol–water partition coefficient (Wildman–Crippen LogP) is 2.11. The first-order chi connectivity index (χ1) is 16.2. The number of hydrogen-bond donors (Lipinski definition) is 2. The maximum absolute atomic E-state index is 14.9. The maximum atomic E-state index is 14.9. The number of rotatable bonds is 2. The van der Waals surface area contributed by atoms with E-state index in [1.807, 2.05) is 0 Å². The van der Waals surface area contributed by atoms with Crippen molar-refractivity contribution in [2.75, 3.05) is 11.9 Å². The first kappa shape index (κ1) is 20.8. The van der Waals surface area contributed by atoms with Crippen LogP contribution in [0.25, 0.3) is 22.3 Å². The van der Waals surface area contributed by atoms with E-state index in [2.05, 4.69) is 10.3 Å². The van der Waals surface area contributed by atoms with E-state index in [9.17, 15) is 23.9 Å². The zero-order chi connectivity index (χ0) is 23.9. The number of esters is 1. The summed E-state index contributed by atoms with van der Waals surface area (Å²) in [5.41, 5.74) is 1.10. The van der Waals surface area contributed by atoms with E-state index in [4.69, 9.17) is 9.47 Å². The maximum Gasteiger partial charge on any atom is 0.343 e. The molecule has 3 aliphatic heterocycles. The van der Waals surface area contributed by atoms with Gasteiger partial charge in [0.2, 0.25) is 5.91 Å². The summed E-state index contributed by atoms with van der Waals surface area (Å²) in [7, 11) is 0. The first-order valence-electron chi connectivity index (χ1n) is 11.0. The molecule has 34 heavy (non-hydrogen) atoms. The number of aromatic nitrogens is 2. The second-order valence-electron chi connectivity index (χ2n) is 8.76. The molecule has 3 aliphatic rings. The average molecular weight is 465 g/mol. The lowest BCUT2D eigenvalue weighted by Gasteiger charge is -2.31. The molecule has 2 N–H and O–H groups in total. The molecule has 0 fully saturated rings. The van der Waals surface area contributed by atoms with Gasteiger partial charge in [0.05, 0.1) is 35.6 Å². The van der Waals surface area contributed by atoms with Crippen LogP contribution in [0, 0.1) is 5.82 Å². The molecule has 1 amide bonds. The summed E-state index contributed by atoms with van der Waals surface area (Å²) < 4.78 is 27.3. The Morgan fingerprint density at radius 2 is 2.06 bits per heavy atom. The molecule has 0 saturated carbocycles. The van der Waals surface area contributed by atoms with Crippen LogP contribution in [-0.4, -0.2) is 33.1 Å². The number of carbonyl (C=O) groups excluding carboxylic acids is 2. The summed E-state index contributed by atoms with van der Waals surface area (Å²) in [4.78, 5) is 42.0. The quantitative estimate of drug-likeness (QED) is 0.435. The molecule has 0 saturated heterocycles. The van der Waals surface area contributed by atoms with E-state index >= 15 is 0 Å². The minimum Gasteiger partial charge on any atom is -0.490 e. The molecule has 0 unspecified atom stereocenters. The van der Waals surface area contributed by atoms with E-state index in [1.165, 1.54) is 13.0 Å². The SMILES string of the molecule is CC[C@@]1(O)C(=O)OCc2c1cc1n(c2=O)Cc2c-1nc1cc(F)c(NC(C)=O)c3c1c2CCO3. The van der Waals surface area contributed by atoms with E-state index in [0.717, 1.165) is 11.1 Å². The van der Waals surface area contributed by atoms with Crippen molar-refractivity contribution in [1.29, 1.82) is 0 Å². The van der Waals surface area contributed by atoms with Crippen LogP contribution in [0.1, 0.15) is 42.5 Å². The molecule has 0 spiro atoms. The highest BCUT2D eigenvalue weighted by Gasteiger charge is 2.45. The van der Waals surface area contributed by atoms with Crippen molar-refractivity contribution in [1.82, 2.24) is 9.55 Å². The molecule has 0 bridgehead atoms. The highest BCUT2D eigenvalue weighted by Crippen LogP contribution is 2.46. The summed E-state index contributed by atoms with van der Waals surface area (Å²) in [5.74, 6) is -1.67. The minimum absolute atomic E-state index is 0.0329. The molecule has 0 aliphatic carbocycles. The van der Waals surface area contributed by atoms with Gasteiger partial charge in [-0.1, -0.05) is 6.92 Å². The van der Waals surface area contributed by atoms with Crippen molar-refractivity contribution in [3.05, 3.63) is 50.6 Å². The van der Waals surface area contributed by atoms with Crippen LogP contribution in [0.15, 0.2) is 16.9 Å².